The molecule has 2 N–H and O–H groups in total. The molecular weight excluding hydrogens is 246 g/mol. The fourth-order valence-corrected chi connectivity index (χ4v) is 2.41. The number of hydrogen-bond acceptors (Lipinski definition) is 5. The van der Waals surface area contributed by atoms with E-state index in [0.29, 0.717) is 18.3 Å². The Bertz CT molecular complexity index is 485. The number of nitrogen functional groups attached to an aromatic ring is 1. The van der Waals surface area contributed by atoms with Crippen molar-refractivity contribution < 1.29 is 4.74 Å². The van der Waals surface area contributed by atoms with E-state index in [1.807, 2.05) is 6.07 Å². The Balaban J connectivity index is 1.98. The van der Waals surface area contributed by atoms with E-state index in [-0.39, 0.29) is 0 Å². The maximum absolute atomic E-state index is 5.84. The van der Waals surface area contributed by atoms with E-state index in [2.05, 4.69) is 28.3 Å². The van der Waals surface area contributed by atoms with Crippen LogP contribution in [-0.2, 0) is 12.8 Å². The van der Waals surface area contributed by atoms with E-state index in [9.17, 15) is 0 Å². The molecule has 18 heavy (non-hydrogen) atoms. The van der Waals surface area contributed by atoms with Gasteiger partial charge in [-0.3, -0.25) is 0 Å². The zero-order chi connectivity index (χ0) is 12.8. The third-order valence-electron chi connectivity index (χ3n) is 2.61. The van der Waals surface area contributed by atoms with Gasteiger partial charge in [0.15, 0.2) is 0 Å². The molecule has 0 radical (unpaired) electrons. The van der Waals surface area contributed by atoms with Gasteiger partial charge in [-0.1, -0.05) is 19.4 Å². The molecule has 2 heterocycles. The van der Waals surface area contributed by atoms with Crippen molar-refractivity contribution in [1.29, 1.82) is 0 Å². The summed E-state index contributed by atoms with van der Waals surface area (Å²) >= 11 is 1.74. The molecule has 0 aromatic carbocycles. The Kier molecular flexibility index (Phi) is 4.52. The van der Waals surface area contributed by atoms with Crippen LogP contribution in [-0.4, -0.2) is 16.6 Å². The highest BCUT2D eigenvalue weighted by molar-refractivity contribution is 7.09. The van der Waals surface area contributed by atoms with Crippen molar-refractivity contribution >= 4 is 17.2 Å². The van der Waals surface area contributed by atoms with E-state index in [1.165, 1.54) is 11.2 Å². The van der Waals surface area contributed by atoms with Crippen LogP contribution in [0.5, 0.6) is 5.88 Å². The smallest absolute Gasteiger partial charge is 0.221 e. The summed E-state index contributed by atoms with van der Waals surface area (Å²) in [6.07, 6.45) is 4.20. The standard InChI is InChI=1S/C13H17N3OS/c1-2-4-11-12(14)15-9-16-13(11)17-7-6-10-5-3-8-18-10/h3,5,8-9H,2,4,6-7H2,1H3,(H2,14,15,16). The van der Waals surface area contributed by atoms with Crippen molar-refractivity contribution in [2.75, 3.05) is 12.3 Å². The maximum atomic E-state index is 5.84. The zero-order valence-electron chi connectivity index (χ0n) is 10.4. The van der Waals surface area contributed by atoms with Gasteiger partial charge >= 0.3 is 0 Å². The van der Waals surface area contributed by atoms with Gasteiger partial charge < -0.3 is 10.5 Å². The van der Waals surface area contributed by atoms with E-state index in [4.69, 9.17) is 10.5 Å². The molecule has 0 bridgehead atoms. The lowest BCUT2D eigenvalue weighted by molar-refractivity contribution is 0.306. The van der Waals surface area contributed by atoms with Crippen LogP contribution in [0.1, 0.15) is 23.8 Å². The highest BCUT2D eigenvalue weighted by Crippen LogP contribution is 2.21. The molecule has 0 amide bonds. The van der Waals surface area contributed by atoms with Crippen LogP contribution in [0.2, 0.25) is 0 Å². The van der Waals surface area contributed by atoms with Gasteiger partial charge in [0, 0.05) is 11.3 Å². The summed E-state index contributed by atoms with van der Waals surface area (Å²) in [7, 11) is 0. The van der Waals surface area contributed by atoms with Gasteiger partial charge in [0.25, 0.3) is 0 Å². The first-order valence-corrected chi connectivity index (χ1v) is 6.93. The average molecular weight is 263 g/mol. The molecule has 4 nitrogen and oxygen atoms in total. The molecule has 0 aliphatic heterocycles. The summed E-state index contributed by atoms with van der Waals surface area (Å²) in [6.45, 7) is 2.72. The second kappa shape index (κ2) is 6.35. The third-order valence-corrected chi connectivity index (χ3v) is 3.54. The lowest BCUT2D eigenvalue weighted by Gasteiger charge is -2.10. The second-order valence-electron chi connectivity index (χ2n) is 3.97. The molecule has 2 rings (SSSR count). The van der Waals surface area contributed by atoms with E-state index >= 15 is 0 Å². The van der Waals surface area contributed by atoms with Gasteiger partial charge in [0.1, 0.15) is 12.1 Å². The molecule has 0 atom stereocenters. The predicted octanol–water partition coefficient (Wildman–Crippen LogP) is 2.69. The molecule has 0 aliphatic rings. The quantitative estimate of drug-likeness (QED) is 0.870. The summed E-state index contributed by atoms with van der Waals surface area (Å²) in [4.78, 5) is 9.49. The first-order chi connectivity index (χ1) is 8.81. The molecule has 0 fully saturated rings. The van der Waals surface area contributed by atoms with Gasteiger partial charge in [0.05, 0.1) is 12.2 Å². The Hall–Kier alpha value is -1.62. The molecule has 0 saturated heterocycles. The first kappa shape index (κ1) is 12.8. The van der Waals surface area contributed by atoms with Gasteiger partial charge in [0.2, 0.25) is 5.88 Å². The average Bonchev–Trinajstić information content (AvgIpc) is 2.86. The minimum absolute atomic E-state index is 0.526. The normalized spacial score (nSPS) is 10.5. The minimum atomic E-state index is 0.526. The topological polar surface area (TPSA) is 61.0 Å². The van der Waals surface area contributed by atoms with Crippen molar-refractivity contribution in [3.63, 3.8) is 0 Å². The number of rotatable bonds is 6. The largest absolute Gasteiger partial charge is 0.477 e. The van der Waals surface area contributed by atoms with Crippen LogP contribution in [0, 0.1) is 0 Å². The van der Waals surface area contributed by atoms with E-state index < -0.39 is 0 Å². The highest BCUT2D eigenvalue weighted by atomic mass is 32.1. The number of aromatic nitrogens is 2. The van der Waals surface area contributed by atoms with Gasteiger partial charge in [-0.05, 0) is 17.9 Å². The van der Waals surface area contributed by atoms with Gasteiger partial charge in [-0.25, -0.2) is 9.97 Å². The molecular formula is C13H17N3OS. The first-order valence-electron chi connectivity index (χ1n) is 6.05. The number of nitrogens with two attached hydrogens (primary N) is 1. The van der Waals surface area contributed by atoms with Crippen molar-refractivity contribution in [3.05, 3.63) is 34.3 Å². The van der Waals surface area contributed by atoms with Crippen LogP contribution < -0.4 is 10.5 Å². The lowest BCUT2D eigenvalue weighted by Crippen LogP contribution is -2.07. The van der Waals surface area contributed by atoms with Crippen LogP contribution in [0.3, 0.4) is 0 Å². The van der Waals surface area contributed by atoms with Crippen LogP contribution >= 0.6 is 11.3 Å². The zero-order valence-corrected chi connectivity index (χ0v) is 11.2. The Morgan fingerprint density at radius 2 is 2.22 bits per heavy atom. The monoisotopic (exact) mass is 263 g/mol. The number of anilines is 1. The van der Waals surface area contributed by atoms with Crippen molar-refractivity contribution in [2.45, 2.75) is 26.2 Å². The van der Waals surface area contributed by atoms with Gasteiger partial charge in [-0.15, -0.1) is 11.3 Å². The second-order valence-corrected chi connectivity index (χ2v) is 5.00. The molecule has 0 unspecified atom stereocenters. The number of nitrogens with zero attached hydrogens (tertiary/aromatic N) is 2. The number of hydrogen-bond donors (Lipinski definition) is 1. The van der Waals surface area contributed by atoms with Crippen molar-refractivity contribution in [2.24, 2.45) is 0 Å². The molecule has 0 aliphatic carbocycles. The highest BCUT2D eigenvalue weighted by Gasteiger charge is 2.09. The molecule has 2 aromatic heterocycles. The summed E-state index contributed by atoms with van der Waals surface area (Å²) in [5, 5.41) is 2.07. The maximum Gasteiger partial charge on any atom is 0.221 e. The van der Waals surface area contributed by atoms with E-state index in [1.54, 1.807) is 11.3 Å². The summed E-state index contributed by atoms with van der Waals surface area (Å²) in [5.74, 6) is 1.15. The predicted molar refractivity (Wildman–Crippen MR) is 74.0 cm³/mol. The van der Waals surface area contributed by atoms with Crippen molar-refractivity contribution in [1.82, 2.24) is 9.97 Å². The van der Waals surface area contributed by atoms with Crippen LogP contribution in [0.25, 0.3) is 0 Å². The fourth-order valence-electron chi connectivity index (χ4n) is 1.72. The SMILES string of the molecule is CCCc1c(N)ncnc1OCCc1cccs1. The van der Waals surface area contributed by atoms with Gasteiger partial charge in [-0.2, -0.15) is 0 Å². The molecule has 96 valence electrons. The summed E-state index contributed by atoms with van der Waals surface area (Å²) in [6, 6.07) is 4.15. The summed E-state index contributed by atoms with van der Waals surface area (Å²) in [5.41, 5.74) is 6.77. The van der Waals surface area contributed by atoms with Crippen LogP contribution in [0.4, 0.5) is 5.82 Å². The Morgan fingerprint density at radius 3 is 2.94 bits per heavy atom. The number of ether oxygens (including phenoxy) is 1. The van der Waals surface area contributed by atoms with Crippen molar-refractivity contribution in [3.8, 4) is 5.88 Å². The van der Waals surface area contributed by atoms with Crippen LogP contribution in [0.15, 0.2) is 23.8 Å². The Morgan fingerprint density at radius 1 is 1.33 bits per heavy atom. The third kappa shape index (κ3) is 3.20. The molecule has 0 saturated carbocycles. The summed E-state index contributed by atoms with van der Waals surface area (Å²) < 4.78 is 5.72. The van der Waals surface area contributed by atoms with E-state index in [0.717, 1.165) is 24.8 Å². The Labute approximate surface area is 111 Å². The number of thiophene rings is 1. The minimum Gasteiger partial charge on any atom is -0.477 e. The lowest BCUT2D eigenvalue weighted by atomic mass is 10.2. The molecule has 0 spiro atoms. The molecule has 5 heteroatoms. The fraction of sp³-hybridized carbons (Fsp3) is 0.385. The molecule has 2 aromatic rings.